The molecule has 0 fully saturated rings. The second-order valence-electron chi connectivity index (χ2n) is 6.16. The molecule has 2 aromatic heterocycles. The Morgan fingerprint density at radius 1 is 1.00 bits per heavy atom. The van der Waals surface area contributed by atoms with Gasteiger partial charge in [0.25, 0.3) is 0 Å². The largest absolute Gasteiger partial charge is 0.266 e. The average Bonchev–Trinajstić information content (AvgIpc) is 3.07. The zero-order valence-electron chi connectivity index (χ0n) is 14.7. The van der Waals surface area contributed by atoms with Crippen LogP contribution in [0.1, 0.15) is 5.69 Å². The molecular formula is C20H18N4O2S. The van der Waals surface area contributed by atoms with Crippen LogP contribution in [0.3, 0.4) is 0 Å². The standard InChI is InChI=1S/C20H18N4O2S/c1-24-19(18-10-4-5-12-21-18)13-16(23-24)14-22-27(25,26)20-11-6-8-15-7-2-3-9-17(15)20/h2-13,22H,14H2,1H3. The highest BCUT2D eigenvalue weighted by molar-refractivity contribution is 7.89. The number of sulfonamides is 1. The summed E-state index contributed by atoms with van der Waals surface area (Å²) in [5, 5.41) is 5.98. The van der Waals surface area contributed by atoms with E-state index in [9.17, 15) is 8.42 Å². The molecule has 7 heteroatoms. The number of aryl methyl sites for hydroxylation is 1. The Kier molecular flexibility index (Phi) is 4.47. The number of fused-ring (bicyclic) bond motifs is 1. The van der Waals surface area contributed by atoms with Gasteiger partial charge >= 0.3 is 0 Å². The molecule has 0 aliphatic rings. The van der Waals surface area contributed by atoms with Gasteiger partial charge in [-0.1, -0.05) is 42.5 Å². The van der Waals surface area contributed by atoms with E-state index in [4.69, 9.17) is 0 Å². The molecule has 1 N–H and O–H groups in total. The molecule has 4 aromatic rings. The van der Waals surface area contributed by atoms with Gasteiger partial charge in [0.1, 0.15) is 0 Å². The average molecular weight is 378 g/mol. The van der Waals surface area contributed by atoms with E-state index in [2.05, 4.69) is 14.8 Å². The van der Waals surface area contributed by atoms with Crippen LogP contribution in [0.4, 0.5) is 0 Å². The van der Waals surface area contributed by atoms with Gasteiger partial charge in [-0.25, -0.2) is 13.1 Å². The van der Waals surface area contributed by atoms with Crippen LogP contribution in [0.15, 0.2) is 77.8 Å². The lowest BCUT2D eigenvalue weighted by atomic mass is 10.1. The first-order valence-corrected chi connectivity index (χ1v) is 9.95. The smallest absolute Gasteiger partial charge is 0.241 e. The molecule has 0 bridgehead atoms. The van der Waals surface area contributed by atoms with Gasteiger partial charge in [0.2, 0.25) is 10.0 Å². The van der Waals surface area contributed by atoms with Crippen molar-refractivity contribution in [1.82, 2.24) is 19.5 Å². The Hall–Kier alpha value is -3.03. The van der Waals surface area contributed by atoms with Crippen LogP contribution in [0.2, 0.25) is 0 Å². The predicted octanol–water partition coefficient (Wildman–Crippen LogP) is 3.11. The molecule has 0 amide bonds. The maximum absolute atomic E-state index is 12.8. The molecule has 0 unspecified atom stereocenters. The molecule has 0 spiro atoms. The molecule has 0 aliphatic heterocycles. The third-order valence-electron chi connectivity index (χ3n) is 4.34. The van der Waals surface area contributed by atoms with Gasteiger partial charge in [-0.3, -0.25) is 9.67 Å². The minimum absolute atomic E-state index is 0.103. The highest BCUT2D eigenvalue weighted by atomic mass is 32.2. The monoisotopic (exact) mass is 378 g/mol. The fraction of sp³-hybridized carbons (Fsp3) is 0.100. The van der Waals surface area contributed by atoms with Gasteiger partial charge < -0.3 is 0 Å². The molecule has 2 heterocycles. The van der Waals surface area contributed by atoms with Gasteiger partial charge in [-0.05, 0) is 29.7 Å². The molecular weight excluding hydrogens is 360 g/mol. The van der Waals surface area contributed by atoms with E-state index in [-0.39, 0.29) is 11.4 Å². The minimum atomic E-state index is -3.67. The van der Waals surface area contributed by atoms with Crippen molar-refractivity contribution >= 4 is 20.8 Å². The summed E-state index contributed by atoms with van der Waals surface area (Å²) in [6.45, 7) is 0.103. The summed E-state index contributed by atoms with van der Waals surface area (Å²) in [5.74, 6) is 0. The van der Waals surface area contributed by atoms with Crippen molar-refractivity contribution < 1.29 is 8.42 Å². The van der Waals surface area contributed by atoms with Crippen LogP contribution in [0, 0.1) is 0 Å². The number of rotatable bonds is 5. The summed E-state index contributed by atoms with van der Waals surface area (Å²) < 4.78 is 30.0. The van der Waals surface area contributed by atoms with E-state index in [1.807, 2.05) is 61.6 Å². The molecule has 136 valence electrons. The van der Waals surface area contributed by atoms with E-state index in [0.717, 1.165) is 16.8 Å². The topological polar surface area (TPSA) is 76.9 Å². The fourth-order valence-electron chi connectivity index (χ4n) is 3.04. The molecule has 2 aromatic carbocycles. The van der Waals surface area contributed by atoms with E-state index in [0.29, 0.717) is 11.1 Å². The second kappa shape index (κ2) is 6.94. The lowest BCUT2D eigenvalue weighted by Gasteiger charge is -2.08. The van der Waals surface area contributed by atoms with Crippen LogP contribution in [0.25, 0.3) is 22.2 Å². The fourth-order valence-corrected chi connectivity index (χ4v) is 4.27. The number of nitrogens with one attached hydrogen (secondary N) is 1. The van der Waals surface area contributed by atoms with Gasteiger partial charge in [0, 0.05) is 18.6 Å². The Morgan fingerprint density at radius 3 is 2.59 bits per heavy atom. The summed E-state index contributed by atoms with van der Waals surface area (Å²) in [4.78, 5) is 4.58. The van der Waals surface area contributed by atoms with E-state index in [1.165, 1.54) is 0 Å². The molecule has 0 atom stereocenters. The van der Waals surface area contributed by atoms with Crippen LogP contribution in [-0.2, 0) is 23.6 Å². The Bertz CT molecular complexity index is 1200. The van der Waals surface area contributed by atoms with E-state index in [1.54, 1.807) is 23.0 Å². The highest BCUT2D eigenvalue weighted by Gasteiger charge is 2.18. The van der Waals surface area contributed by atoms with Gasteiger partial charge in [-0.2, -0.15) is 5.10 Å². The highest BCUT2D eigenvalue weighted by Crippen LogP contribution is 2.23. The second-order valence-corrected chi connectivity index (χ2v) is 7.90. The number of hydrogen-bond acceptors (Lipinski definition) is 4. The first-order chi connectivity index (χ1) is 13.0. The number of hydrogen-bond donors (Lipinski definition) is 1. The first kappa shape index (κ1) is 17.4. The molecule has 0 saturated heterocycles. The van der Waals surface area contributed by atoms with Crippen molar-refractivity contribution in [3.8, 4) is 11.4 Å². The predicted molar refractivity (Wildman–Crippen MR) is 104 cm³/mol. The quantitative estimate of drug-likeness (QED) is 0.579. The molecule has 0 aliphatic carbocycles. The van der Waals surface area contributed by atoms with Crippen molar-refractivity contribution in [2.45, 2.75) is 11.4 Å². The summed E-state index contributed by atoms with van der Waals surface area (Å²) in [5.41, 5.74) is 2.24. The number of benzene rings is 2. The number of nitrogens with zero attached hydrogens (tertiary/aromatic N) is 3. The molecule has 27 heavy (non-hydrogen) atoms. The Morgan fingerprint density at radius 2 is 1.78 bits per heavy atom. The first-order valence-electron chi connectivity index (χ1n) is 8.46. The van der Waals surface area contributed by atoms with Crippen molar-refractivity contribution in [3.05, 3.63) is 78.6 Å². The third kappa shape index (κ3) is 3.47. The third-order valence-corrected chi connectivity index (χ3v) is 5.80. The van der Waals surface area contributed by atoms with Crippen molar-refractivity contribution in [2.24, 2.45) is 7.05 Å². The molecule has 0 radical (unpaired) electrons. The maximum atomic E-state index is 12.8. The van der Waals surface area contributed by atoms with Crippen LogP contribution >= 0.6 is 0 Å². The summed E-state index contributed by atoms with van der Waals surface area (Å²) in [6, 6.07) is 20.2. The van der Waals surface area contributed by atoms with Crippen molar-refractivity contribution in [1.29, 1.82) is 0 Å². The molecule has 6 nitrogen and oxygen atoms in total. The SMILES string of the molecule is Cn1nc(CNS(=O)(=O)c2cccc3ccccc23)cc1-c1ccccn1. The number of pyridine rings is 1. The summed E-state index contributed by atoms with van der Waals surface area (Å²) in [7, 11) is -1.86. The minimum Gasteiger partial charge on any atom is -0.266 e. The lowest BCUT2D eigenvalue weighted by Crippen LogP contribution is -2.23. The van der Waals surface area contributed by atoms with Crippen molar-refractivity contribution in [3.63, 3.8) is 0 Å². The van der Waals surface area contributed by atoms with Gasteiger partial charge in [0.15, 0.2) is 0 Å². The van der Waals surface area contributed by atoms with Gasteiger partial charge in [-0.15, -0.1) is 0 Å². The van der Waals surface area contributed by atoms with E-state index < -0.39 is 10.0 Å². The summed E-state index contributed by atoms with van der Waals surface area (Å²) in [6.07, 6.45) is 1.71. The van der Waals surface area contributed by atoms with Crippen LogP contribution in [-0.4, -0.2) is 23.2 Å². The van der Waals surface area contributed by atoms with Crippen molar-refractivity contribution in [2.75, 3.05) is 0 Å². The maximum Gasteiger partial charge on any atom is 0.241 e. The zero-order valence-corrected chi connectivity index (χ0v) is 15.5. The van der Waals surface area contributed by atoms with Crippen LogP contribution in [0.5, 0.6) is 0 Å². The zero-order chi connectivity index (χ0) is 18.9. The molecule has 4 rings (SSSR count). The normalized spacial score (nSPS) is 11.7. The van der Waals surface area contributed by atoms with Gasteiger partial charge in [0.05, 0.1) is 28.5 Å². The Balaban J connectivity index is 1.60. The lowest BCUT2D eigenvalue weighted by molar-refractivity contribution is 0.580. The number of aromatic nitrogens is 3. The molecule has 0 saturated carbocycles. The van der Waals surface area contributed by atoms with E-state index >= 15 is 0 Å². The van der Waals surface area contributed by atoms with Crippen LogP contribution < -0.4 is 4.72 Å². The Labute approximate surface area is 157 Å². The summed E-state index contributed by atoms with van der Waals surface area (Å²) >= 11 is 0.